The maximum absolute atomic E-state index is 9.96. The molecule has 0 aliphatic carbocycles. The Kier molecular flexibility index (Phi) is 7.79. The van der Waals surface area contributed by atoms with E-state index in [2.05, 4.69) is 29.3 Å². The monoisotopic (exact) mass is 503 g/mol. The SMILES string of the molecule is CCOCn1nnc(-c2cc(CC(C)C)ccc2O)n1.[Ac]. The first-order valence-electron chi connectivity index (χ1n) is 6.78. The molecule has 0 amide bonds. The molecule has 2 rings (SSSR count). The summed E-state index contributed by atoms with van der Waals surface area (Å²) in [5, 5.41) is 22.0. The fraction of sp³-hybridized carbons (Fsp3) is 0.500. The van der Waals surface area contributed by atoms with E-state index in [0.29, 0.717) is 23.9 Å². The predicted molar refractivity (Wildman–Crippen MR) is 75.1 cm³/mol. The van der Waals surface area contributed by atoms with Crippen molar-refractivity contribution >= 4 is 0 Å². The number of hydrogen-bond acceptors (Lipinski definition) is 5. The number of aromatic hydroxyl groups is 1. The Balaban J connectivity index is 0.00000220. The van der Waals surface area contributed by atoms with Crippen molar-refractivity contribution in [3.63, 3.8) is 0 Å². The van der Waals surface area contributed by atoms with Gasteiger partial charge in [-0.15, -0.1) is 15.0 Å². The van der Waals surface area contributed by atoms with Gasteiger partial charge in [-0.05, 0) is 42.2 Å². The van der Waals surface area contributed by atoms with Crippen LogP contribution in [0.4, 0.5) is 0 Å². The Labute approximate surface area is 160 Å². The van der Waals surface area contributed by atoms with Crippen LogP contribution in [0.3, 0.4) is 0 Å². The van der Waals surface area contributed by atoms with E-state index >= 15 is 0 Å². The largest absolute Gasteiger partial charge is 0.507 e. The van der Waals surface area contributed by atoms with Crippen LogP contribution in [0.1, 0.15) is 26.3 Å². The van der Waals surface area contributed by atoms with Crippen LogP contribution in [-0.4, -0.2) is 31.9 Å². The van der Waals surface area contributed by atoms with Crippen molar-refractivity contribution in [2.24, 2.45) is 5.92 Å². The summed E-state index contributed by atoms with van der Waals surface area (Å²) in [6.45, 7) is 7.06. The fourth-order valence-electron chi connectivity index (χ4n) is 1.94. The van der Waals surface area contributed by atoms with E-state index in [1.807, 2.05) is 19.1 Å². The summed E-state index contributed by atoms with van der Waals surface area (Å²) in [5.74, 6) is 1.12. The molecule has 1 aromatic heterocycles. The van der Waals surface area contributed by atoms with Crippen LogP contribution in [-0.2, 0) is 17.9 Å². The van der Waals surface area contributed by atoms with E-state index < -0.39 is 0 Å². The number of aromatic nitrogens is 4. The van der Waals surface area contributed by atoms with Gasteiger partial charge in [-0.2, -0.15) is 0 Å². The zero-order valence-corrected chi connectivity index (χ0v) is 17.4. The summed E-state index contributed by atoms with van der Waals surface area (Å²) in [4.78, 5) is 1.37. The molecule has 0 fully saturated rings. The van der Waals surface area contributed by atoms with E-state index in [9.17, 15) is 5.11 Å². The number of ether oxygens (including phenoxy) is 1. The van der Waals surface area contributed by atoms with Crippen molar-refractivity contribution < 1.29 is 53.9 Å². The molecular weight excluding hydrogens is 483 g/mol. The minimum absolute atomic E-state index is 0. The Hall–Kier alpha value is -0.508. The number of phenols is 1. The van der Waals surface area contributed by atoms with Crippen LogP contribution in [0, 0.1) is 50.0 Å². The maximum atomic E-state index is 9.96. The third kappa shape index (κ3) is 5.32. The zero-order valence-electron chi connectivity index (χ0n) is 12.7. The molecule has 6 nitrogen and oxygen atoms in total. The van der Waals surface area contributed by atoms with Gasteiger partial charge in [-0.25, -0.2) is 0 Å². The van der Waals surface area contributed by atoms with Crippen LogP contribution >= 0.6 is 0 Å². The average Bonchev–Trinajstić information content (AvgIpc) is 2.86. The Morgan fingerprint density at radius 3 is 2.76 bits per heavy atom. The second-order valence-electron chi connectivity index (χ2n) is 5.06. The molecule has 1 aromatic carbocycles. The van der Waals surface area contributed by atoms with Crippen LogP contribution in [0.2, 0.25) is 0 Å². The molecule has 0 saturated heterocycles. The number of hydrogen-bond donors (Lipinski definition) is 1. The van der Waals surface area contributed by atoms with E-state index in [0.717, 1.165) is 12.0 Å². The van der Waals surface area contributed by atoms with E-state index in [4.69, 9.17) is 4.74 Å². The molecule has 0 bridgehead atoms. The molecule has 0 spiro atoms. The number of nitrogens with zero attached hydrogens (tertiary/aromatic N) is 4. The van der Waals surface area contributed by atoms with Crippen molar-refractivity contribution in [1.82, 2.24) is 20.2 Å². The third-order valence-electron chi connectivity index (χ3n) is 2.81. The molecule has 0 saturated carbocycles. The molecule has 0 aliphatic rings. The normalized spacial score (nSPS) is 10.7. The number of tetrazole rings is 1. The van der Waals surface area contributed by atoms with E-state index in [1.165, 1.54) is 4.80 Å². The summed E-state index contributed by atoms with van der Waals surface area (Å²) in [7, 11) is 0. The molecule has 0 unspecified atom stereocenters. The number of rotatable bonds is 6. The molecule has 1 N–H and O–H groups in total. The molecule has 7 heteroatoms. The average molecular weight is 503 g/mol. The van der Waals surface area contributed by atoms with Crippen LogP contribution < -0.4 is 0 Å². The molecule has 21 heavy (non-hydrogen) atoms. The predicted octanol–water partition coefficient (Wildman–Crippen LogP) is 2.24. The maximum Gasteiger partial charge on any atom is 0.208 e. The van der Waals surface area contributed by atoms with Crippen molar-refractivity contribution in [2.45, 2.75) is 33.9 Å². The minimum atomic E-state index is 0. The second kappa shape index (κ2) is 8.82. The van der Waals surface area contributed by atoms with Crippen LogP contribution in [0.25, 0.3) is 11.4 Å². The Morgan fingerprint density at radius 1 is 1.33 bits per heavy atom. The summed E-state index contributed by atoms with van der Waals surface area (Å²) >= 11 is 0. The number of benzene rings is 1. The molecular formula is C14H20AcN4O2. The zero-order chi connectivity index (χ0) is 14.5. The van der Waals surface area contributed by atoms with Gasteiger partial charge in [0.15, 0.2) is 6.73 Å². The van der Waals surface area contributed by atoms with Gasteiger partial charge in [0.05, 0.1) is 5.56 Å². The Morgan fingerprint density at radius 2 is 2.10 bits per heavy atom. The topological polar surface area (TPSA) is 73.1 Å². The summed E-state index contributed by atoms with van der Waals surface area (Å²) in [6, 6.07) is 5.51. The quantitative estimate of drug-likeness (QED) is 0.655. The van der Waals surface area contributed by atoms with Gasteiger partial charge < -0.3 is 9.84 Å². The number of phenolic OH excluding ortho intramolecular Hbond substituents is 1. The van der Waals surface area contributed by atoms with Gasteiger partial charge in [-0.1, -0.05) is 19.9 Å². The van der Waals surface area contributed by atoms with Gasteiger partial charge in [0.25, 0.3) is 0 Å². The van der Waals surface area contributed by atoms with Gasteiger partial charge in [0, 0.05) is 50.7 Å². The van der Waals surface area contributed by atoms with Gasteiger partial charge >= 0.3 is 0 Å². The molecule has 0 atom stereocenters. The minimum Gasteiger partial charge on any atom is -0.507 e. The van der Waals surface area contributed by atoms with Gasteiger partial charge in [0.1, 0.15) is 5.75 Å². The third-order valence-corrected chi connectivity index (χ3v) is 2.81. The van der Waals surface area contributed by atoms with Gasteiger partial charge in [0.2, 0.25) is 5.82 Å². The molecule has 0 aliphatic heterocycles. The van der Waals surface area contributed by atoms with Crippen molar-refractivity contribution in [1.29, 1.82) is 0 Å². The van der Waals surface area contributed by atoms with Crippen LogP contribution in [0.15, 0.2) is 18.2 Å². The molecule has 111 valence electrons. The second-order valence-corrected chi connectivity index (χ2v) is 5.06. The summed E-state index contributed by atoms with van der Waals surface area (Å²) in [5.41, 5.74) is 1.75. The first-order valence-corrected chi connectivity index (χ1v) is 6.78. The summed E-state index contributed by atoms with van der Waals surface area (Å²) in [6.07, 6.45) is 0.945. The van der Waals surface area contributed by atoms with E-state index in [1.54, 1.807) is 6.07 Å². The molecule has 2 aromatic rings. The van der Waals surface area contributed by atoms with Crippen molar-refractivity contribution in [2.75, 3.05) is 6.61 Å². The Bertz CT molecular complexity index is 572. The fourth-order valence-corrected chi connectivity index (χ4v) is 1.94. The van der Waals surface area contributed by atoms with Gasteiger partial charge in [-0.3, -0.25) is 0 Å². The van der Waals surface area contributed by atoms with Crippen molar-refractivity contribution in [3.8, 4) is 17.1 Å². The standard InChI is InChI=1S/C14H20N4O2.Ac/c1-4-20-9-18-16-14(15-17-18)12-8-11(7-10(2)3)5-6-13(12)19;/h5-6,8,10,19H,4,7,9H2,1-3H3;. The molecule has 1 heterocycles. The first-order chi connectivity index (χ1) is 9.60. The summed E-state index contributed by atoms with van der Waals surface area (Å²) < 4.78 is 5.21. The van der Waals surface area contributed by atoms with Crippen LogP contribution in [0.5, 0.6) is 5.75 Å². The smallest absolute Gasteiger partial charge is 0.208 e. The van der Waals surface area contributed by atoms with Crippen molar-refractivity contribution in [3.05, 3.63) is 23.8 Å². The first kappa shape index (κ1) is 18.5. The molecule has 1 radical (unpaired) electrons. The van der Waals surface area contributed by atoms with E-state index in [-0.39, 0.29) is 56.5 Å².